The van der Waals surface area contributed by atoms with Gasteiger partial charge in [-0.3, -0.25) is 4.68 Å². The zero-order valence-corrected chi connectivity index (χ0v) is 11.3. The predicted molar refractivity (Wildman–Crippen MR) is 74.4 cm³/mol. The fourth-order valence-corrected chi connectivity index (χ4v) is 2.49. The van der Waals surface area contributed by atoms with Crippen molar-refractivity contribution in [1.82, 2.24) is 19.3 Å². The quantitative estimate of drug-likeness (QED) is 0.732. The van der Waals surface area contributed by atoms with Crippen LogP contribution < -0.4 is 0 Å². The number of aromatic amines is 1. The number of para-hydroxylation sites is 1. The molecule has 0 saturated heterocycles. The van der Waals surface area contributed by atoms with Crippen molar-refractivity contribution in [2.24, 2.45) is 7.05 Å². The van der Waals surface area contributed by atoms with Crippen LogP contribution in [0.5, 0.6) is 0 Å². The van der Waals surface area contributed by atoms with Crippen LogP contribution in [0.15, 0.2) is 30.5 Å². The van der Waals surface area contributed by atoms with E-state index in [1.807, 2.05) is 42.1 Å². The number of aromatic nitrogens is 4. The van der Waals surface area contributed by atoms with E-state index < -0.39 is 0 Å². The van der Waals surface area contributed by atoms with Crippen LogP contribution in [-0.4, -0.2) is 19.3 Å². The summed E-state index contributed by atoms with van der Waals surface area (Å²) >= 11 is 11.5. The second-order valence-corrected chi connectivity index (χ2v) is 4.92. The highest BCUT2D eigenvalue weighted by Gasteiger charge is 2.08. The van der Waals surface area contributed by atoms with Gasteiger partial charge in [-0.1, -0.05) is 17.7 Å². The summed E-state index contributed by atoms with van der Waals surface area (Å²) in [5.41, 5.74) is 2.84. The maximum atomic E-state index is 6.14. The molecule has 0 atom stereocenters. The number of aryl methyl sites for hydroxylation is 1. The van der Waals surface area contributed by atoms with E-state index in [2.05, 4.69) is 10.1 Å². The number of halogens is 1. The van der Waals surface area contributed by atoms with Gasteiger partial charge in [0.05, 0.1) is 28.3 Å². The van der Waals surface area contributed by atoms with E-state index in [9.17, 15) is 0 Å². The molecule has 1 N–H and O–H groups in total. The minimum Gasteiger partial charge on any atom is -0.329 e. The van der Waals surface area contributed by atoms with Crippen molar-refractivity contribution in [2.45, 2.75) is 6.54 Å². The van der Waals surface area contributed by atoms with E-state index >= 15 is 0 Å². The normalized spacial score (nSPS) is 11.2. The first kappa shape index (κ1) is 11.5. The van der Waals surface area contributed by atoms with Gasteiger partial charge in [-0.05, 0) is 30.4 Å². The minimum atomic E-state index is 0.639. The monoisotopic (exact) mass is 278 g/mol. The van der Waals surface area contributed by atoms with Gasteiger partial charge < -0.3 is 9.55 Å². The molecule has 6 heteroatoms. The Balaban J connectivity index is 2.14. The molecule has 0 radical (unpaired) electrons. The third-order valence-electron chi connectivity index (χ3n) is 2.85. The van der Waals surface area contributed by atoms with E-state index in [0.29, 0.717) is 16.3 Å². The molecule has 0 spiro atoms. The molecule has 3 aromatic rings. The molecule has 0 aliphatic rings. The summed E-state index contributed by atoms with van der Waals surface area (Å²) in [6, 6.07) is 7.74. The maximum Gasteiger partial charge on any atom is 0.178 e. The maximum absolute atomic E-state index is 6.14. The largest absolute Gasteiger partial charge is 0.329 e. The highest BCUT2D eigenvalue weighted by molar-refractivity contribution is 7.71. The van der Waals surface area contributed by atoms with E-state index in [4.69, 9.17) is 23.8 Å². The molecule has 0 aliphatic carbocycles. The summed E-state index contributed by atoms with van der Waals surface area (Å²) in [6.07, 6.45) is 1.92. The number of H-pyrrole nitrogens is 1. The van der Waals surface area contributed by atoms with Crippen LogP contribution in [0.3, 0.4) is 0 Å². The Morgan fingerprint density at radius 2 is 2.22 bits per heavy atom. The minimum absolute atomic E-state index is 0.639. The number of nitrogens with one attached hydrogen (secondary N) is 1. The van der Waals surface area contributed by atoms with Crippen molar-refractivity contribution in [1.29, 1.82) is 0 Å². The molecule has 92 valence electrons. The Hall–Kier alpha value is -1.59. The summed E-state index contributed by atoms with van der Waals surface area (Å²) in [7, 11) is 1.90. The van der Waals surface area contributed by atoms with Gasteiger partial charge in [-0.15, -0.1) is 0 Å². The summed E-state index contributed by atoms with van der Waals surface area (Å²) in [4.78, 5) is 3.13. The molecule has 1 aromatic carbocycles. The Bertz CT molecular complexity index is 768. The molecule has 0 bridgehead atoms. The number of hydrogen-bond donors (Lipinski definition) is 1. The second-order valence-electron chi connectivity index (χ2n) is 4.13. The number of nitrogens with zero attached hydrogens (tertiary/aromatic N) is 3. The van der Waals surface area contributed by atoms with Gasteiger partial charge in [0.15, 0.2) is 4.77 Å². The van der Waals surface area contributed by atoms with Gasteiger partial charge in [0.1, 0.15) is 0 Å². The standard InChI is InChI=1S/C12H11ClN4S/c1-16-6-5-8(15-16)7-17-10-4-2-3-9(13)11(10)14-12(17)18/h2-6H,7H2,1H3,(H,14,18). The van der Waals surface area contributed by atoms with E-state index in [0.717, 1.165) is 16.7 Å². The van der Waals surface area contributed by atoms with Crippen molar-refractivity contribution in [2.75, 3.05) is 0 Å². The van der Waals surface area contributed by atoms with Crippen LogP contribution >= 0.6 is 23.8 Å². The molecule has 0 amide bonds. The van der Waals surface area contributed by atoms with Gasteiger partial charge >= 0.3 is 0 Å². The van der Waals surface area contributed by atoms with Crippen molar-refractivity contribution in [3.8, 4) is 0 Å². The number of hydrogen-bond acceptors (Lipinski definition) is 2. The van der Waals surface area contributed by atoms with Crippen LogP contribution in [0.1, 0.15) is 5.69 Å². The van der Waals surface area contributed by atoms with Gasteiger partial charge in [0.2, 0.25) is 0 Å². The number of rotatable bonds is 2. The van der Waals surface area contributed by atoms with E-state index in [1.165, 1.54) is 0 Å². The van der Waals surface area contributed by atoms with E-state index in [-0.39, 0.29) is 0 Å². The average molecular weight is 279 g/mol. The molecular formula is C12H11ClN4S. The van der Waals surface area contributed by atoms with Crippen LogP contribution in [-0.2, 0) is 13.6 Å². The summed E-state index contributed by atoms with van der Waals surface area (Å²) < 4.78 is 4.43. The Labute approximate surface area is 114 Å². The van der Waals surface area contributed by atoms with Crippen LogP contribution in [0.4, 0.5) is 0 Å². The third kappa shape index (κ3) is 1.85. The van der Waals surface area contributed by atoms with Crippen LogP contribution in [0, 0.1) is 4.77 Å². The van der Waals surface area contributed by atoms with Crippen molar-refractivity contribution in [3.05, 3.63) is 45.9 Å². The zero-order chi connectivity index (χ0) is 12.7. The molecule has 0 unspecified atom stereocenters. The SMILES string of the molecule is Cn1ccc(Cn2c(=S)[nH]c3c(Cl)cccc32)n1. The molecule has 18 heavy (non-hydrogen) atoms. The topological polar surface area (TPSA) is 38.5 Å². The predicted octanol–water partition coefficient (Wildman–Crippen LogP) is 3.13. The first-order chi connectivity index (χ1) is 8.65. The summed E-state index contributed by atoms with van der Waals surface area (Å²) in [6.45, 7) is 0.639. The summed E-state index contributed by atoms with van der Waals surface area (Å²) in [5, 5.41) is 5.04. The molecule has 2 aromatic heterocycles. The third-order valence-corrected chi connectivity index (χ3v) is 3.49. The van der Waals surface area contributed by atoms with Gasteiger partial charge in [-0.2, -0.15) is 5.10 Å². The first-order valence-corrected chi connectivity index (χ1v) is 6.29. The van der Waals surface area contributed by atoms with Gasteiger partial charge in [0, 0.05) is 13.2 Å². The van der Waals surface area contributed by atoms with Crippen LogP contribution in [0.25, 0.3) is 11.0 Å². The van der Waals surface area contributed by atoms with Gasteiger partial charge in [-0.25, -0.2) is 0 Å². The van der Waals surface area contributed by atoms with Crippen molar-refractivity contribution in [3.63, 3.8) is 0 Å². The fraction of sp³-hybridized carbons (Fsp3) is 0.167. The molecule has 2 heterocycles. The Morgan fingerprint density at radius 1 is 1.39 bits per heavy atom. The lowest BCUT2D eigenvalue weighted by molar-refractivity contribution is 0.710. The Kier molecular flexibility index (Phi) is 2.72. The molecule has 4 nitrogen and oxygen atoms in total. The molecular weight excluding hydrogens is 268 g/mol. The van der Waals surface area contributed by atoms with Crippen molar-refractivity contribution >= 4 is 34.9 Å². The molecule has 0 aliphatic heterocycles. The zero-order valence-electron chi connectivity index (χ0n) is 9.72. The van der Waals surface area contributed by atoms with E-state index in [1.54, 1.807) is 4.68 Å². The second kappa shape index (κ2) is 4.26. The lowest BCUT2D eigenvalue weighted by atomic mass is 10.3. The molecule has 0 saturated carbocycles. The molecule has 3 rings (SSSR count). The Morgan fingerprint density at radius 3 is 2.94 bits per heavy atom. The average Bonchev–Trinajstić information content (AvgIpc) is 2.87. The highest BCUT2D eigenvalue weighted by Crippen LogP contribution is 2.23. The number of benzene rings is 1. The summed E-state index contributed by atoms with van der Waals surface area (Å²) in [5.74, 6) is 0. The van der Waals surface area contributed by atoms with Crippen molar-refractivity contribution < 1.29 is 0 Å². The number of imidazole rings is 1. The first-order valence-electron chi connectivity index (χ1n) is 5.51. The fourth-order valence-electron chi connectivity index (χ4n) is 2.01. The molecule has 0 fully saturated rings. The lowest BCUT2D eigenvalue weighted by Gasteiger charge is -2.01. The lowest BCUT2D eigenvalue weighted by Crippen LogP contribution is -2.01. The van der Waals surface area contributed by atoms with Crippen LogP contribution in [0.2, 0.25) is 5.02 Å². The number of fused-ring (bicyclic) bond motifs is 1. The highest BCUT2D eigenvalue weighted by atomic mass is 35.5. The smallest absolute Gasteiger partial charge is 0.178 e. The van der Waals surface area contributed by atoms with Gasteiger partial charge in [0.25, 0.3) is 0 Å².